The highest BCUT2D eigenvalue weighted by Crippen LogP contribution is 2.32. The second-order valence-electron chi connectivity index (χ2n) is 3.48. The second kappa shape index (κ2) is 4.59. The third kappa shape index (κ3) is 2.27. The SMILES string of the molecule is COc1ccc(F)cc1C(C)(CN)OC. The van der Waals surface area contributed by atoms with E-state index in [2.05, 4.69) is 0 Å². The number of rotatable bonds is 4. The summed E-state index contributed by atoms with van der Waals surface area (Å²) in [7, 11) is 3.07. The number of halogens is 1. The Morgan fingerprint density at radius 3 is 2.53 bits per heavy atom. The molecule has 1 atom stereocenters. The van der Waals surface area contributed by atoms with Gasteiger partial charge in [-0.2, -0.15) is 0 Å². The van der Waals surface area contributed by atoms with Crippen molar-refractivity contribution in [2.45, 2.75) is 12.5 Å². The van der Waals surface area contributed by atoms with Crippen molar-refractivity contribution in [3.05, 3.63) is 29.6 Å². The summed E-state index contributed by atoms with van der Waals surface area (Å²) >= 11 is 0. The van der Waals surface area contributed by atoms with Crippen molar-refractivity contribution in [3.8, 4) is 5.75 Å². The van der Waals surface area contributed by atoms with E-state index in [1.54, 1.807) is 13.0 Å². The molecule has 2 N–H and O–H groups in total. The molecule has 0 aliphatic carbocycles. The maximum Gasteiger partial charge on any atom is 0.125 e. The van der Waals surface area contributed by atoms with Crippen molar-refractivity contribution in [2.75, 3.05) is 20.8 Å². The molecule has 1 unspecified atom stereocenters. The molecule has 0 spiro atoms. The lowest BCUT2D eigenvalue weighted by Crippen LogP contribution is -2.34. The summed E-state index contributed by atoms with van der Waals surface area (Å²) in [5.41, 5.74) is 5.51. The van der Waals surface area contributed by atoms with Gasteiger partial charge in [-0.05, 0) is 25.1 Å². The van der Waals surface area contributed by atoms with Crippen molar-refractivity contribution >= 4 is 0 Å². The van der Waals surface area contributed by atoms with Crippen LogP contribution in [0.3, 0.4) is 0 Å². The molecule has 1 aromatic carbocycles. The normalized spacial score (nSPS) is 14.7. The van der Waals surface area contributed by atoms with E-state index in [4.69, 9.17) is 15.2 Å². The van der Waals surface area contributed by atoms with Crippen LogP contribution in [0.5, 0.6) is 5.75 Å². The number of hydrogen-bond acceptors (Lipinski definition) is 3. The zero-order valence-corrected chi connectivity index (χ0v) is 9.21. The Kier molecular flexibility index (Phi) is 3.66. The van der Waals surface area contributed by atoms with Gasteiger partial charge >= 0.3 is 0 Å². The molecule has 0 radical (unpaired) electrons. The van der Waals surface area contributed by atoms with Crippen LogP contribution in [-0.2, 0) is 10.3 Å². The molecule has 0 saturated heterocycles. The molecule has 3 nitrogen and oxygen atoms in total. The van der Waals surface area contributed by atoms with Crippen LogP contribution < -0.4 is 10.5 Å². The summed E-state index contributed by atoms with van der Waals surface area (Å²) in [6.45, 7) is 2.05. The third-order valence-electron chi connectivity index (χ3n) is 2.57. The molecule has 4 heteroatoms. The largest absolute Gasteiger partial charge is 0.496 e. The molecule has 0 aromatic heterocycles. The molecule has 84 valence electrons. The number of benzene rings is 1. The quantitative estimate of drug-likeness (QED) is 0.827. The van der Waals surface area contributed by atoms with Gasteiger partial charge in [0, 0.05) is 19.2 Å². The fourth-order valence-corrected chi connectivity index (χ4v) is 1.40. The van der Waals surface area contributed by atoms with Crippen LogP contribution in [0.4, 0.5) is 4.39 Å². The maximum atomic E-state index is 13.1. The minimum atomic E-state index is -0.729. The number of methoxy groups -OCH3 is 2. The molecule has 0 heterocycles. The van der Waals surface area contributed by atoms with Crippen molar-refractivity contribution < 1.29 is 13.9 Å². The van der Waals surface area contributed by atoms with E-state index in [-0.39, 0.29) is 12.4 Å². The van der Waals surface area contributed by atoms with Gasteiger partial charge in [0.2, 0.25) is 0 Å². The zero-order chi connectivity index (χ0) is 11.5. The summed E-state index contributed by atoms with van der Waals surface area (Å²) in [6.07, 6.45) is 0. The smallest absolute Gasteiger partial charge is 0.125 e. The summed E-state index contributed by atoms with van der Waals surface area (Å²) in [5.74, 6) is 0.244. The summed E-state index contributed by atoms with van der Waals surface area (Å²) < 4.78 is 23.6. The molecule has 15 heavy (non-hydrogen) atoms. The van der Waals surface area contributed by atoms with Crippen LogP contribution in [0.25, 0.3) is 0 Å². The number of hydrogen-bond donors (Lipinski definition) is 1. The van der Waals surface area contributed by atoms with E-state index >= 15 is 0 Å². The van der Waals surface area contributed by atoms with Crippen LogP contribution in [0, 0.1) is 5.82 Å². The van der Waals surface area contributed by atoms with Crippen LogP contribution in [0.15, 0.2) is 18.2 Å². The molecule has 1 aromatic rings. The van der Waals surface area contributed by atoms with Crippen LogP contribution in [0.2, 0.25) is 0 Å². The van der Waals surface area contributed by atoms with Crippen LogP contribution in [0.1, 0.15) is 12.5 Å². The minimum Gasteiger partial charge on any atom is -0.496 e. The van der Waals surface area contributed by atoms with Crippen molar-refractivity contribution in [3.63, 3.8) is 0 Å². The molecule has 0 fully saturated rings. The van der Waals surface area contributed by atoms with E-state index in [1.807, 2.05) is 0 Å². The molecule has 0 aliphatic heterocycles. The fraction of sp³-hybridized carbons (Fsp3) is 0.455. The highest BCUT2D eigenvalue weighted by Gasteiger charge is 2.28. The van der Waals surface area contributed by atoms with Gasteiger partial charge in [0.25, 0.3) is 0 Å². The van der Waals surface area contributed by atoms with Crippen LogP contribution in [-0.4, -0.2) is 20.8 Å². The fourth-order valence-electron chi connectivity index (χ4n) is 1.40. The van der Waals surface area contributed by atoms with Gasteiger partial charge in [0.05, 0.1) is 7.11 Å². The second-order valence-corrected chi connectivity index (χ2v) is 3.48. The Morgan fingerprint density at radius 2 is 2.07 bits per heavy atom. The molecular formula is C11H16FNO2. The average molecular weight is 213 g/mol. The summed E-state index contributed by atoms with van der Waals surface area (Å²) in [6, 6.07) is 4.29. The summed E-state index contributed by atoms with van der Waals surface area (Å²) in [4.78, 5) is 0. The van der Waals surface area contributed by atoms with Crippen LogP contribution >= 0.6 is 0 Å². The van der Waals surface area contributed by atoms with Gasteiger partial charge in [-0.3, -0.25) is 0 Å². The first-order valence-corrected chi connectivity index (χ1v) is 4.66. The molecule has 1 rings (SSSR count). The molecule has 0 aliphatic rings. The van der Waals surface area contributed by atoms with Gasteiger partial charge in [-0.25, -0.2) is 4.39 Å². The van der Waals surface area contributed by atoms with Crippen molar-refractivity contribution in [1.82, 2.24) is 0 Å². The standard InChI is InChI=1S/C11H16FNO2/c1-11(7-13,15-3)9-6-8(12)4-5-10(9)14-2/h4-6H,7,13H2,1-3H3. The first-order valence-electron chi connectivity index (χ1n) is 4.66. The van der Waals surface area contributed by atoms with Crippen molar-refractivity contribution in [1.29, 1.82) is 0 Å². The van der Waals surface area contributed by atoms with E-state index in [0.717, 1.165) is 0 Å². The highest BCUT2D eigenvalue weighted by molar-refractivity contribution is 5.38. The Bertz CT molecular complexity index is 337. The molecule has 0 saturated carbocycles. The average Bonchev–Trinajstić information content (AvgIpc) is 2.28. The van der Waals surface area contributed by atoms with Gasteiger partial charge < -0.3 is 15.2 Å². The van der Waals surface area contributed by atoms with Crippen molar-refractivity contribution in [2.24, 2.45) is 5.73 Å². The Hall–Kier alpha value is -1.13. The third-order valence-corrected chi connectivity index (χ3v) is 2.57. The van der Waals surface area contributed by atoms with Gasteiger partial charge in [-0.15, -0.1) is 0 Å². The van der Waals surface area contributed by atoms with Gasteiger partial charge in [0.1, 0.15) is 17.2 Å². The Morgan fingerprint density at radius 1 is 1.40 bits per heavy atom. The van der Waals surface area contributed by atoms with E-state index in [0.29, 0.717) is 11.3 Å². The first kappa shape index (κ1) is 11.9. The predicted molar refractivity (Wildman–Crippen MR) is 56.4 cm³/mol. The molecule has 0 bridgehead atoms. The predicted octanol–water partition coefficient (Wildman–Crippen LogP) is 1.65. The topological polar surface area (TPSA) is 44.5 Å². The highest BCUT2D eigenvalue weighted by atomic mass is 19.1. The number of ether oxygens (including phenoxy) is 2. The number of nitrogens with two attached hydrogens (primary N) is 1. The Balaban J connectivity index is 3.26. The lowest BCUT2D eigenvalue weighted by molar-refractivity contribution is 0.00797. The monoisotopic (exact) mass is 213 g/mol. The van der Waals surface area contributed by atoms with E-state index in [9.17, 15) is 4.39 Å². The minimum absolute atomic E-state index is 0.253. The lowest BCUT2D eigenvalue weighted by atomic mass is 9.95. The molecular weight excluding hydrogens is 197 g/mol. The first-order chi connectivity index (χ1) is 7.07. The molecule has 0 amide bonds. The van der Waals surface area contributed by atoms with Gasteiger partial charge in [0.15, 0.2) is 0 Å². The zero-order valence-electron chi connectivity index (χ0n) is 9.21. The summed E-state index contributed by atoms with van der Waals surface area (Å²) in [5, 5.41) is 0. The van der Waals surface area contributed by atoms with Gasteiger partial charge in [-0.1, -0.05) is 0 Å². The lowest BCUT2D eigenvalue weighted by Gasteiger charge is -2.28. The van der Waals surface area contributed by atoms with E-state index < -0.39 is 5.60 Å². The van der Waals surface area contributed by atoms with E-state index in [1.165, 1.54) is 26.4 Å². The maximum absolute atomic E-state index is 13.1. The Labute approximate surface area is 89.0 Å².